The SMILES string of the molecule is Cc1cccc(COC[C@@]23CCC[C@@H]2CN(C(=O)c2cccnc2)C3)n1. The molecule has 0 bridgehead atoms. The van der Waals surface area contributed by atoms with Gasteiger partial charge in [0.1, 0.15) is 0 Å². The smallest absolute Gasteiger partial charge is 0.255 e. The molecule has 1 saturated heterocycles. The van der Waals surface area contributed by atoms with E-state index < -0.39 is 0 Å². The molecule has 2 atom stereocenters. The second-order valence-corrected chi connectivity index (χ2v) is 7.64. The first-order chi connectivity index (χ1) is 12.7. The molecule has 0 N–H and O–H groups in total. The van der Waals surface area contributed by atoms with Crippen molar-refractivity contribution >= 4 is 5.91 Å². The van der Waals surface area contributed by atoms with Crippen molar-refractivity contribution in [1.29, 1.82) is 0 Å². The molecule has 5 nitrogen and oxygen atoms in total. The third kappa shape index (κ3) is 3.36. The molecular weight excluding hydrogens is 326 g/mol. The highest BCUT2D eigenvalue weighted by Crippen LogP contribution is 2.49. The lowest BCUT2D eigenvalue weighted by Crippen LogP contribution is -2.34. The first kappa shape index (κ1) is 17.2. The Morgan fingerprint density at radius 3 is 3.08 bits per heavy atom. The number of hydrogen-bond acceptors (Lipinski definition) is 4. The number of rotatable bonds is 5. The molecule has 2 aromatic heterocycles. The maximum atomic E-state index is 12.8. The summed E-state index contributed by atoms with van der Waals surface area (Å²) >= 11 is 0. The van der Waals surface area contributed by atoms with Crippen LogP contribution < -0.4 is 0 Å². The maximum absolute atomic E-state index is 12.8. The molecule has 3 heterocycles. The van der Waals surface area contributed by atoms with Crippen LogP contribution in [0.3, 0.4) is 0 Å². The fourth-order valence-electron chi connectivity index (χ4n) is 4.52. The first-order valence-corrected chi connectivity index (χ1v) is 9.36. The summed E-state index contributed by atoms with van der Waals surface area (Å²) in [4.78, 5) is 23.4. The average molecular weight is 351 g/mol. The van der Waals surface area contributed by atoms with E-state index in [4.69, 9.17) is 4.74 Å². The van der Waals surface area contributed by atoms with Gasteiger partial charge in [-0.3, -0.25) is 14.8 Å². The molecule has 2 aliphatic rings. The molecule has 136 valence electrons. The summed E-state index contributed by atoms with van der Waals surface area (Å²) in [5.74, 6) is 0.626. The third-order valence-electron chi connectivity index (χ3n) is 5.82. The van der Waals surface area contributed by atoms with Crippen LogP contribution in [0.1, 0.15) is 41.0 Å². The highest BCUT2D eigenvalue weighted by molar-refractivity contribution is 5.94. The number of fused-ring (bicyclic) bond motifs is 1. The van der Waals surface area contributed by atoms with Crippen LogP contribution in [0, 0.1) is 18.3 Å². The number of pyridine rings is 2. The maximum Gasteiger partial charge on any atom is 0.255 e. The van der Waals surface area contributed by atoms with Crippen molar-refractivity contribution in [1.82, 2.24) is 14.9 Å². The Hall–Kier alpha value is -2.27. The van der Waals surface area contributed by atoms with Gasteiger partial charge in [-0.25, -0.2) is 0 Å². The Morgan fingerprint density at radius 2 is 2.27 bits per heavy atom. The molecule has 5 heteroatoms. The lowest BCUT2D eigenvalue weighted by molar-refractivity contribution is 0.0252. The van der Waals surface area contributed by atoms with Crippen LogP contribution in [0.2, 0.25) is 0 Å². The van der Waals surface area contributed by atoms with E-state index in [0.717, 1.165) is 30.9 Å². The number of aryl methyl sites for hydroxylation is 1. The summed E-state index contributed by atoms with van der Waals surface area (Å²) in [6.45, 7) is 4.84. The van der Waals surface area contributed by atoms with Gasteiger partial charge in [-0.2, -0.15) is 0 Å². The van der Waals surface area contributed by atoms with Gasteiger partial charge in [0.25, 0.3) is 5.91 Å². The summed E-state index contributed by atoms with van der Waals surface area (Å²) in [5.41, 5.74) is 2.75. The van der Waals surface area contributed by atoms with Crippen LogP contribution in [-0.2, 0) is 11.3 Å². The van der Waals surface area contributed by atoms with Gasteiger partial charge in [-0.1, -0.05) is 12.5 Å². The van der Waals surface area contributed by atoms with Crippen LogP contribution in [0.25, 0.3) is 0 Å². The molecule has 1 aliphatic heterocycles. The minimum Gasteiger partial charge on any atom is -0.375 e. The highest BCUT2D eigenvalue weighted by Gasteiger charge is 2.50. The minimum absolute atomic E-state index is 0.0900. The first-order valence-electron chi connectivity index (χ1n) is 9.36. The van der Waals surface area contributed by atoms with Crippen LogP contribution >= 0.6 is 0 Å². The Balaban J connectivity index is 1.41. The van der Waals surface area contributed by atoms with Crippen LogP contribution in [0.15, 0.2) is 42.7 Å². The number of nitrogens with zero attached hydrogens (tertiary/aromatic N) is 3. The van der Waals surface area contributed by atoms with Gasteiger partial charge >= 0.3 is 0 Å². The largest absolute Gasteiger partial charge is 0.375 e. The molecule has 0 radical (unpaired) electrons. The van der Waals surface area contributed by atoms with Gasteiger partial charge in [-0.05, 0) is 49.9 Å². The number of amides is 1. The normalized spacial score (nSPS) is 24.7. The molecular formula is C21H25N3O2. The number of hydrogen-bond donors (Lipinski definition) is 0. The summed E-state index contributed by atoms with van der Waals surface area (Å²) in [6, 6.07) is 9.67. The molecule has 0 spiro atoms. The zero-order valence-electron chi connectivity index (χ0n) is 15.2. The van der Waals surface area contributed by atoms with Gasteiger partial charge in [0.2, 0.25) is 0 Å². The molecule has 26 heavy (non-hydrogen) atoms. The fraction of sp³-hybridized carbons (Fsp3) is 0.476. The number of carbonyl (C=O) groups is 1. The molecule has 1 saturated carbocycles. The van der Waals surface area contributed by atoms with E-state index in [0.29, 0.717) is 24.7 Å². The van der Waals surface area contributed by atoms with Gasteiger partial charge in [0, 0.05) is 36.6 Å². The number of ether oxygens (including phenoxy) is 1. The molecule has 0 unspecified atom stereocenters. The third-order valence-corrected chi connectivity index (χ3v) is 5.82. The van der Waals surface area contributed by atoms with Crippen molar-refractivity contribution in [3.05, 3.63) is 59.7 Å². The summed E-state index contributed by atoms with van der Waals surface area (Å²) in [7, 11) is 0. The highest BCUT2D eigenvalue weighted by atomic mass is 16.5. The summed E-state index contributed by atoms with van der Waals surface area (Å²) in [6.07, 6.45) is 6.90. The Labute approximate surface area is 154 Å². The van der Waals surface area contributed by atoms with E-state index >= 15 is 0 Å². The molecule has 1 amide bonds. The number of aromatic nitrogens is 2. The van der Waals surface area contributed by atoms with Crippen molar-refractivity contribution in [2.24, 2.45) is 11.3 Å². The van der Waals surface area contributed by atoms with Crippen molar-refractivity contribution < 1.29 is 9.53 Å². The van der Waals surface area contributed by atoms with E-state index in [2.05, 4.69) is 9.97 Å². The fourth-order valence-corrected chi connectivity index (χ4v) is 4.52. The molecule has 1 aliphatic carbocycles. The average Bonchev–Trinajstić information content (AvgIpc) is 3.19. The summed E-state index contributed by atoms with van der Waals surface area (Å²) < 4.78 is 6.08. The molecule has 0 aromatic carbocycles. The van der Waals surface area contributed by atoms with Crippen LogP contribution in [0.5, 0.6) is 0 Å². The Morgan fingerprint density at radius 1 is 1.35 bits per heavy atom. The number of likely N-dealkylation sites (tertiary alicyclic amines) is 1. The van der Waals surface area contributed by atoms with Crippen molar-refractivity contribution in [2.75, 3.05) is 19.7 Å². The predicted molar refractivity (Wildman–Crippen MR) is 98.5 cm³/mol. The topological polar surface area (TPSA) is 55.3 Å². The van der Waals surface area contributed by atoms with Gasteiger partial charge in [0.15, 0.2) is 0 Å². The van der Waals surface area contributed by atoms with Crippen LogP contribution in [-0.4, -0.2) is 40.5 Å². The van der Waals surface area contributed by atoms with E-state index in [1.54, 1.807) is 12.4 Å². The Bertz CT molecular complexity index is 780. The quantitative estimate of drug-likeness (QED) is 0.830. The zero-order valence-corrected chi connectivity index (χ0v) is 15.2. The van der Waals surface area contributed by atoms with E-state index in [9.17, 15) is 4.79 Å². The predicted octanol–water partition coefficient (Wildman–Crippen LogP) is 3.24. The second kappa shape index (κ2) is 7.16. The van der Waals surface area contributed by atoms with E-state index in [1.165, 1.54) is 12.8 Å². The second-order valence-electron chi connectivity index (χ2n) is 7.64. The Kier molecular flexibility index (Phi) is 4.72. The van der Waals surface area contributed by atoms with Gasteiger partial charge in [-0.15, -0.1) is 0 Å². The monoisotopic (exact) mass is 351 g/mol. The zero-order chi connectivity index (χ0) is 18.0. The summed E-state index contributed by atoms with van der Waals surface area (Å²) in [5, 5.41) is 0. The van der Waals surface area contributed by atoms with Crippen LogP contribution in [0.4, 0.5) is 0 Å². The van der Waals surface area contributed by atoms with Crippen molar-refractivity contribution in [3.8, 4) is 0 Å². The molecule has 2 aromatic rings. The minimum atomic E-state index is 0.0900. The van der Waals surface area contributed by atoms with E-state index in [1.807, 2.05) is 42.2 Å². The number of carbonyl (C=O) groups excluding carboxylic acids is 1. The van der Waals surface area contributed by atoms with Gasteiger partial charge in [0.05, 0.1) is 24.5 Å². The lowest BCUT2D eigenvalue weighted by atomic mass is 9.81. The molecule has 2 fully saturated rings. The standard InChI is InChI=1S/C21H25N3O2/c1-16-5-2-8-19(23-16)13-26-15-21-9-3-7-18(21)12-24(14-21)20(25)17-6-4-10-22-11-17/h2,4-6,8,10-11,18H,3,7,9,12-15H2,1H3/t18-,21+/m1/s1. The molecule has 4 rings (SSSR count). The van der Waals surface area contributed by atoms with Gasteiger partial charge < -0.3 is 9.64 Å². The van der Waals surface area contributed by atoms with Crippen molar-refractivity contribution in [3.63, 3.8) is 0 Å². The van der Waals surface area contributed by atoms with Crippen molar-refractivity contribution in [2.45, 2.75) is 32.8 Å². The van der Waals surface area contributed by atoms with E-state index in [-0.39, 0.29) is 11.3 Å². The lowest BCUT2D eigenvalue weighted by Gasteiger charge is -2.28.